The Kier molecular flexibility index (Phi) is 4.53. The number of carbonyl (C=O) groups is 3. The monoisotopic (exact) mass is 350 g/mol. The normalized spacial score (nSPS) is 11.9. The minimum atomic E-state index is -0.769. The van der Waals surface area contributed by atoms with Crippen LogP contribution in [0.2, 0.25) is 0 Å². The Labute approximate surface area is 149 Å². The van der Waals surface area contributed by atoms with Gasteiger partial charge in [0.15, 0.2) is 5.78 Å². The molecule has 0 fully saturated rings. The van der Waals surface area contributed by atoms with E-state index < -0.39 is 17.9 Å². The maximum atomic E-state index is 12.3. The Balaban J connectivity index is 2.01. The number of rotatable bonds is 5. The van der Waals surface area contributed by atoms with Gasteiger partial charge in [0.05, 0.1) is 11.2 Å². The van der Waals surface area contributed by atoms with Crippen molar-refractivity contribution in [3.05, 3.63) is 53.6 Å². The van der Waals surface area contributed by atoms with Gasteiger partial charge >= 0.3 is 0 Å². The van der Waals surface area contributed by atoms with Crippen molar-refractivity contribution >= 4 is 28.5 Å². The molecular weight excluding hydrogens is 332 g/mol. The van der Waals surface area contributed by atoms with Crippen LogP contribution in [0.3, 0.4) is 0 Å². The highest BCUT2D eigenvalue weighted by Crippen LogP contribution is 2.27. The summed E-state index contributed by atoms with van der Waals surface area (Å²) >= 11 is 0. The molecular formula is C19H18N4O3. The molecule has 1 unspecified atom stereocenters. The van der Waals surface area contributed by atoms with Crippen LogP contribution in [-0.4, -0.2) is 33.8 Å². The van der Waals surface area contributed by atoms with Crippen molar-refractivity contribution in [1.29, 1.82) is 0 Å². The van der Waals surface area contributed by atoms with Gasteiger partial charge < -0.3 is 11.1 Å². The second-order valence-electron chi connectivity index (χ2n) is 6.07. The van der Waals surface area contributed by atoms with E-state index in [4.69, 9.17) is 5.73 Å². The second kappa shape index (κ2) is 6.79. The molecule has 3 aromatic rings. The average Bonchev–Trinajstić information content (AvgIpc) is 3.04. The van der Waals surface area contributed by atoms with Gasteiger partial charge in [-0.05, 0) is 38.1 Å². The smallest absolute Gasteiger partial charge is 0.251 e. The van der Waals surface area contributed by atoms with Crippen LogP contribution in [0.5, 0.6) is 0 Å². The highest BCUT2D eigenvalue weighted by atomic mass is 16.2. The van der Waals surface area contributed by atoms with E-state index in [2.05, 4.69) is 15.5 Å². The van der Waals surface area contributed by atoms with E-state index in [9.17, 15) is 14.4 Å². The molecule has 3 rings (SSSR count). The number of nitrogens with zero attached hydrogens (tertiary/aromatic N) is 1. The number of amides is 2. The van der Waals surface area contributed by atoms with Gasteiger partial charge in [0, 0.05) is 22.1 Å². The van der Waals surface area contributed by atoms with Crippen molar-refractivity contribution in [2.75, 3.05) is 0 Å². The van der Waals surface area contributed by atoms with Crippen molar-refractivity contribution in [3.8, 4) is 11.3 Å². The number of H-pyrrole nitrogens is 1. The first kappa shape index (κ1) is 17.3. The molecule has 0 aliphatic rings. The quantitative estimate of drug-likeness (QED) is 0.610. The van der Waals surface area contributed by atoms with Gasteiger partial charge in [0.25, 0.3) is 5.91 Å². The van der Waals surface area contributed by atoms with Gasteiger partial charge in [0.1, 0.15) is 6.04 Å². The summed E-state index contributed by atoms with van der Waals surface area (Å²) in [6.45, 7) is 3.03. The molecule has 0 bridgehead atoms. The van der Waals surface area contributed by atoms with Crippen molar-refractivity contribution < 1.29 is 14.4 Å². The molecule has 1 atom stereocenters. The van der Waals surface area contributed by atoms with Crippen LogP contribution in [0, 0.1) is 0 Å². The molecule has 7 nitrogen and oxygen atoms in total. The maximum Gasteiger partial charge on any atom is 0.251 e. The molecule has 2 aromatic carbocycles. The van der Waals surface area contributed by atoms with Gasteiger partial charge in [-0.3, -0.25) is 19.5 Å². The molecule has 0 radical (unpaired) electrons. The lowest BCUT2D eigenvalue weighted by Gasteiger charge is -2.10. The molecule has 26 heavy (non-hydrogen) atoms. The molecule has 0 spiro atoms. The van der Waals surface area contributed by atoms with E-state index in [1.165, 1.54) is 13.8 Å². The van der Waals surface area contributed by atoms with E-state index >= 15 is 0 Å². The van der Waals surface area contributed by atoms with Crippen LogP contribution in [0.25, 0.3) is 22.2 Å². The summed E-state index contributed by atoms with van der Waals surface area (Å²) in [6, 6.07) is 11.4. The molecule has 1 heterocycles. The number of Topliss-reactive ketones (excluding diaryl/α,β-unsaturated/α-hetero) is 1. The van der Waals surface area contributed by atoms with Gasteiger partial charge in [-0.25, -0.2) is 0 Å². The predicted molar refractivity (Wildman–Crippen MR) is 97.7 cm³/mol. The van der Waals surface area contributed by atoms with Crippen molar-refractivity contribution in [2.24, 2.45) is 5.73 Å². The van der Waals surface area contributed by atoms with Crippen LogP contribution in [-0.2, 0) is 4.79 Å². The van der Waals surface area contributed by atoms with Crippen LogP contribution < -0.4 is 11.1 Å². The third-order valence-electron chi connectivity index (χ3n) is 4.14. The first-order chi connectivity index (χ1) is 12.4. The highest BCUT2D eigenvalue weighted by molar-refractivity contribution is 6.03. The number of aromatic amines is 1. The van der Waals surface area contributed by atoms with Crippen LogP contribution in [0.1, 0.15) is 34.6 Å². The summed E-state index contributed by atoms with van der Waals surface area (Å²) in [4.78, 5) is 35.1. The molecule has 2 amide bonds. The molecule has 7 heteroatoms. The van der Waals surface area contributed by atoms with E-state index in [0.717, 1.165) is 16.5 Å². The molecule has 0 saturated heterocycles. The summed E-state index contributed by atoms with van der Waals surface area (Å²) in [5, 5.41) is 10.5. The third kappa shape index (κ3) is 3.32. The summed E-state index contributed by atoms with van der Waals surface area (Å²) < 4.78 is 0. The zero-order valence-corrected chi connectivity index (χ0v) is 14.4. The topological polar surface area (TPSA) is 118 Å². The number of fused-ring (bicyclic) bond motifs is 1. The number of aromatic nitrogens is 2. The van der Waals surface area contributed by atoms with Crippen LogP contribution in [0.15, 0.2) is 42.5 Å². The molecule has 0 aliphatic carbocycles. The number of nitrogens with one attached hydrogen (secondary N) is 2. The molecule has 0 saturated carbocycles. The van der Waals surface area contributed by atoms with Crippen molar-refractivity contribution in [1.82, 2.24) is 15.5 Å². The standard InChI is InChI=1S/C19H18N4O3/c1-10(18(20)25)21-19(26)14-6-7-16-15(9-14)17(23-22-16)13-5-3-4-12(8-13)11(2)24/h3-10H,1-2H3,(H2,20,25)(H,21,26)(H,22,23). The Morgan fingerprint density at radius 1 is 1.12 bits per heavy atom. The number of ketones is 1. The largest absolute Gasteiger partial charge is 0.368 e. The van der Waals surface area contributed by atoms with E-state index in [1.807, 2.05) is 6.07 Å². The van der Waals surface area contributed by atoms with Crippen molar-refractivity contribution in [2.45, 2.75) is 19.9 Å². The lowest BCUT2D eigenvalue weighted by Crippen LogP contribution is -2.42. The minimum Gasteiger partial charge on any atom is -0.368 e. The average molecular weight is 350 g/mol. The fraction of sp³-hybridized carbons (Fsp3) is 0.158. The number of benzene rings is 2. The Hall–Kier alpha value is -3.48. The zero-order chi connectivity index (χ0) is 18.8. The number of hydrogen-bond acceptors (Lipinski definition) is 4. The summed E-state index contributed by atoms with van der Waals surface area (Å²) in [6.07, 6.45) is 0. The van der Waals surface area contributed by atoms with Gasteiger partial charge in [-0.1, -0.05) is 18.2 Å². The number of primary amides is 1. The Morgan fingerprint density at radius 2 is 1.88 bits per heavy atom. The third-order valence-corrected chi connectivity index (χ3v) is 4.14. The Bertz CT molecular complexity index is 1020. The highest BCUT2D eigenvalue weighted by Gasteiger charge is 2.16. The van der Waals surface area contributed by atoms with E-state index in [1.54, 1.807) is 36.4 Å². The summed E-state index contributed by atoms with van der Waals surface area (Å²) in [5.41, 5.74) is 8.32. The van der Waals surface area contributed by atoms with Gasteiger partial charge in [-0.15, -0.1) is 0 Å². The lowest BCUT2D eigenvalue weighted by atomic mass is 10.0. The molecule has 0 aliphatic heterocycles. The SMILES string of the molecule is CC(=O)c1cccc(-c2n[nH]c3ccc(C(=O)NC(C)C(N)=O)cc23)c1. The number of nitrogens with two attached hydrogens (primary N) is 1. The molecule has 132 valence electrons. The second-order valence-corrected chi connectivity index (χ2v) is 6.07. The first-order valence-electron chi connectivity index (χ1n) is 8.06. The predicted octanol–water partition coefficient (Wildman–Crippen LogP) is 2.04. The lowest BCUT2D eigenvalue weighted by molar-refractivity contribution is -0.119. The zero-order valence-electron chi connectivity index (χ0n) is 14.4. The Morgan fingerprint density at radius 3 is 2.58 bits per heavy atom. The van der Waals surface area contributed by atoms with Gasteiger partial charge in [0.2, 0.25) is 5.91 Å². The maximum absolute atomic E-state index is 12.3. The number of hydrogen-bond donors (Lipinski definition) is 3. The fourth-order valence-corrected chi connectivity index (χ4v) is 2.61. The summed E-state index contributed by atoms with van der Waals surface area (Å²) in [7, 11) is 0. The van der Waals surface area contributed by atoms with Crippen molar-refractivity contribution in [3.63, 3.8) is 0 Å². The van der Waals surface area contributed by atoms with Crippen LogP contribution >= 0.6 is 0 Å². The minimum absolute atomic E-state index is 0.0350. The molecule has 4 N–H and O–H groups in total. The van der Waals surface area contributed by atoms with Crippen LogP contribution in [0.4, 0.5) is 0 Å². The first-order valence-corrected chi connectivity index (χ1v) is 8.06. The van der Waals surface area contributed by atoms with Gasteiger partial charge in [-0.2, -0.15) is 5.10 Å². The fourth-order valence-electron chi connectivity index (χ4n) is 2.61. The summed E-state index contributed by atoms with van der Waals surface area (Å²) in [5.74, 6) is -1.04. The van der Waals surface area contributed by atoms with E-state index in [0.29, 0.717) is 16.8 Å². The molecule has 1 aromatic heterocycles. The number of carbonyl (C=O) groups excluding carboxylic acids is 3. The van der Waals surface area contributed by atoms with E-state index in [-0.39, 0.29) is 5.78 Å².